The molecule has 84 valence electrons. The van der Waals surface area contributed by atoms with Crippen LogP contribution in [0.15, 0.2) is 18.2 Å². The van der Waals surface area contributed by atoms with Gasteiger partial charge in [0.05, 0.1) is 0 Å². The van der Waals surface area contributed by atoms with E-state index >= 15 is 0 Å². The molecule has 1 rings (SSSR count). The molecule has 0 fully saturated rings. The minimum atomic E-state index is 0.852. The number of nitrogens with zero attached hydrogens (tertiary/aromatic N) is 1. The maximum absolute atomic E-state index is 5.82. The van der Waals surface area contributed by atoms with E-state index < -0.39 is 0 Å². The Kier molecular flexibility index (Phi) is 4.47. The minimum absolute atomic E-state index is 0.852. The average Bonchev–Trinajstić information content (AvgIpc) is 2.24. The third-order valence-electron chi connectivity index (χ3n) is 2.74. The zero-order valence-corrected chi connectivity index (χ0v) is 10.1. The number of rotatable bonds is 5. The van der Waals surface area contributed by atoms with Crippen molar-refractivity contribution in [3.8, 4) is 0 Å². The van der Waals surface area contributed by atoms with Crippen LogP contribution in [-0.2, 0) is 0 Å². The van der Waals surface area contributed by atoms with Gasteiger partial charge in [-0.25, -0.2) is 0 Å². The van der Waals surface area contributed by atoms with Gasteiger partial charge in [0.2, 0.25) is 0 Å². The number of anilines is 2. The first-order chi connectivity index (χ1) is 7.19. The van der Waals surface area contributed by atoms with Gasteiger partial charge in [0.1, 0.15) is 0 Å². The second-order valence-electron chi connectivity index (χ2n) is 3.98. The number of hydrogen-bond donors (Lipinski definition) is 1. The Bertz CT molecular complexity index is 307. The summed E-state index contributed by atoms with van der Waals surface area (Å²) in [6, 6.07) is 6.14. The minimum Gasteiger partial charge on any atom is -0.399 e. The molecule has 0 aliphatic heterocycles. The highest BCUT2D eigenvalue weighted by atomic mass is 15.1. The Morgan fingerprint density at radius 2 is 2.00 bits per heavy atom. The first-order valence-corrected chi connectivity index (χ1v) is 5.80. The molecular formula is C13H22N2. The predicted molar refractivity (Wildman–Crippen MR) is 68.4 cm³/mol. The molecule has 2 N–H and O–H groups in total. The van der Waals surface area contributed by atoms with Gasteiger partial charge in [-0.3, -0.25) is 0 Å². The van der Waals surface area contributed by atoms with Crippen molar-refractivity contribution in [3.63, 3.8) is 0 Å². The van der Waals surface area contributed by atoms with Crippen molar-refractivity contribution >= 4 is 11.4 Å². The number of aryl methyl sites for hydroxylation is 1. The quantitative estimate of drug-likeness (QED) is 0.750. The Balaban J connectivity index is 2.85. The predicted octanol–water partition coefficient (Wildman–Crippen LogP) is 3.20. The second kappa shape index (κ2) is 5.64. The summed E-state index contributed by atoms with van der Waals surface area (Å²) in [6.07, 6.45) is 2.47. The van der Waals surface area contributed by atoms with Gasteiger partial charge < -0.3 is 10.6 Å². The monoisotopic (exact) mass is 206 g/mol. The van der Waals surface area contributed by atoms with Crippen molar-refractivity contribution in [2.24, 2.45) is 0 Å². The van der Waals surface area contributed by atoms with Crippen molar-refractivity contribution in [1.29, 1.82) is 0 Å². The van der Waals surface area contributed by atoms with E-state index in [9.17, 15) is 0 Å². The molecule has 0 saturated carbocycles. The van der Waals surface area contributed by atoms with Crippen LogP contribution in [0.4, 0.5) is 11.4 Å². The van der Waals surface area contributed by atoms with Crippen LogP contribution in [0, 0.1) is 6.92 Å². The number of nitrogens with two attached hydrogens (primary N) is 1. The fraction of sp³-hybridized carbons (Fsp3) is 0.538. The van der Waals surface area contributed by atoms with Gasteiger partial charge in [-0.2, -0.15) is 0 Å². The van der Waals surface area contributed by atoms with Gasteiger partial charge in [-0.15, -0.1) is 0 Å². The summed E-state index contributed by atoms with van der Waals surface area (Å²) in [4.78, 5) is 2.40. The molecule has 0 unspecified atom stereocenters. The second-order valence-corrected chi connectivity index (χ2v) is 3.98. The van der Waals surface area contributed by atoms with E-state index in [1.807, 2.05) is 6.07 Å². The Morgan fingerprint density at radius 1 is 1.27 bits per heavy atom. The summed E-state index contributed by atoms with van der Waals surface area (Å²) < 4.78 is 0. The van der Waals surface area contributed by atoms with E-state index in [-0.39, 0.29) is 0 Å². The number of unbranched alkanes of at least 4 members (excludes halogenated alkanes) is 1. The van der Waals surface area contributed by atoms with Gasteiger partial charge in [0.15, 0.2) is 0 Å². The van der Waals surface area contributed by atoms with Crippen LogP contribution in [0.2, 0.25) is 0 Å². The third-order valence-corrected chi connectivity index (χ3v) is 2.74. The molecule has 1 aromatic carbocycles. The molecule has 0 atom stereocenters. The molecule has 0 saturated heterocycles. The molecule has 0 amide bonds. The lowest BCUT2D eigenvalue weighted by Gasteiger charge is -2.25. The standard InChI is InChI=1S/C13H22N2/c1-4-6-9-15(5-2)13-10-12(14)8-7-11(13)3/h7-8,10H,4-6,9,14H2,1-3H3. The van der Waals surface area contributed by atoms with Gasteiger partial charge in [0.25, 0.3) is 0 Å². The Hall–Kier alpha value is -1.18. The molecular weight excluding hydrogens is 184 g/mol. The molecule has 0 aliphatic rings. The Labute approximate surface area is 93.1 Å². The SMILES string of the molecule is CCCCN(CC)c1cc(N)ccc1C. The van der Waals surface area contributed by atoms with E-state index in [1.165, 1.54) is 24.1 Å². The van der Waals surface area contributed by atoms with Crippen molar-refractivity contribution in [2.45, 2.75) is 33.6 Å². The highest BCUT2D eigenvalue weighted by Crippen LogP contribution is 2.23. The van der Waals surface area contributed by atoms with Crippen molar-refractivity contribution in [2.75, 3.05) is 23.7 Å². The lowest BCUT2D eigenvalue weighted by atomic mass is 10.1. The summed E-state index contributed by atoms with van der Waals surface area (Å²) in [5.41, 5.74) is 9.27. The molecule has 2 nitrogen and oxygen atoms in total. The van der Waals surface area contributed by atoms with Gasteiger partial charge in [0, 0.05) is 24.5 Å². The van der Waals surface area contributed by atoms with Crippen LogP contribution < -0.4 is 10.6 Å². The highest BCUT2D eigenvalue weighted by molar-refractivity contribution is 5.60. The number of hydrogen-bond acceptors (Lipinski definition) is 2. The molecule has 0 radical (unpaired) electrons. The molecule has 15 heavy (non-hydrogen) atoms. The fourth-order valence-corrected chi connectivity index (χ4v) is 1.76. The maximum Gasteiger partial charge on any atom is 0.0416 e. The van der Waals surface area contributed by atoms with E-state index in [0.717, 1.165) is 18.8 Å². The van der Waals surface area contributed by atoms with E-state index in [4.69, 9.17) is 5.73 Å². The number of nitrogen functional groups attached to an aromatic ring is 1. The zero-order valence-electron chi connectivity index (χ0n) is 10.1. The average molecular weight is 206 g/mol. The van der Waals surface area contributed by atoms with Gasteiger partial charge in [-0.1, -0.05) is 19.4 Å². The van der Waals surface area contributed by atoms with E-state index in [2.05, 4.69) is 37.8 Å². The molecule has 0 aromatic heterocycles. The van der Waals surface area contributed by atoms with Crippen LogP contribution in [0.25, 0.3) is 0 Å². The number of benzene rings is 1. The van der Waals surface area contributed by atoms with Crippen molar-refractivity contribution in [3.05, 3.63) is 23.8 Å². The molecule has 0 bridgehead atoms. The summed E-state index contributed by atoms with van der Waals surface area (Å²) >= 11 is 0. The fourth-order valence-electron chi connectivity index (χ4n) is 1.76. The van der Waals surface area contributed by atoms with Crippen LogP contribution in [0.3, 0.4) is 0 Å². The lowest BCUT2D eigenvalue weighted by Crippen LogP contribution is -2.24. The smallest absolute Gasteiger partial charge is 0.0416 e. The lowest BCUT2D eigenvalue weighted by molar-refractivity contribution is 0.731. The highest BCUT2D eigenvalue weighted by Gasteiger charge is 2.06. The van der Waals surface area contributed by atoms with Crippen molar-refractivity contribution in [1.82, 2.24) is 0 Å². The first-order valence-electron chi connectivity index (χ1n) is 5.80. The van der Waals surface area contributed by atoms with E-state index in [0.29, 0.717) is 0 Å². The zero-order chi connectivity index (χ0) is 11.3. The Morgan fingerprint density at radius 3 is 2.60 bits per heavy atom. The molecule has 2 heteroatoms. The maximum atomic E-state index is 5.82. The van der Waals surface area contributed by atoms with Crippen LogP contribution in [0.1, 0.15) is 32.3 Å². The largest absolute Gasteiger partial charge is 0.399 e. The van der Waals surface area contributed by atoms with Gasteiger partial charge >= 0.3 is 0 Å². The molecule has 0 heterocycles. The molecule has 1 aromatic rings. The summed E-state index contributed by atoms with van der Waals surface area (Å²) in [6.45, 7) is 8.73. The third kappa shape index (κ3) is 3.15. The summed E-state index contributed by atoms with van der Waals surface area (Å²) in [5.74, 6) is 0. The topological polar surface area (TPSA) is 29.3 Å². The van der Waals surface area contributed by atoms with Gasteiger partial charge in [-0.05, 0) is 38.0 Å². The molecule has 0 aliphatic carbocycles. The summed E-state index contributed by atoms with van der Waals surface area (Å²) in [5, 5.41) is 0. The molecule has 0 spiro atoms. The van der Waals surface area contributed by atoms with Crippen LogP contribution in [-0.4, -0.2) is 13.1 Å². The summed E-state index contributed by atoms with van der Waals surface area (Å²) in [7, 11) is 0. The van der Waals surface area contributed by atoms with Crippen LogP contribution >= 0.6 is 0 Å². The normalized spacial score (nSPS) is 10.3. The first kappa shape index (κ1) is 11.9. The van der Waals surface area contributed by atoms with E-state index in [1.54, 1.807) is 0 Å². The van der Waals surface area contributed by atoms with Crippen LogP contribution in [0.5, 0.6) is 0 Å². The van der Waals surface area contributed by atoms with Crippen molar-refractivity contribution < 1.29 is 0 Å².